The summed E-state index contributed by atoms with van der Waals surface area (Å²) in [4.78, 5) is 0. The smallest absolute Gasteiger partial charge is 0.119 e. The molecule has 0 radical (unpaired) electrons. The molecule has 1 unspecified atom stereocenters. The first kappa shape index (κ1) is 10.5. The summed E-state index contributed by atoms with van der Waals surface area (Å²) in [7, 11) is 0. The molecule has 1 rings (SSSR count). The van der Waals surface area contributed by atoms with Crippen LogP contribution in [-0.2, 0) is 0 Å². The molecule has 0 amide bonds. The van der Waals surface area contributed by atoms with E-state index in [9.17, 15) is 5.11 Å². The Labute approximate surface area is 85.2 Å². The van der Waals surface area contributed by atoms with Gasteiger partial charge in [-0.2, -0.15) is 12.6 Å². The van der Waals surface area contributed by atoms with Crippen molar-refractivity contribution in [2.75, 3.05) is 5.75 Å². The molecule has 13 heavy (non-hydrogen) atoms. The molecule has 0 aromatic heterocycles. The van der Waals surface area contributed by atoms with Crippen LogP contribution >= 0.6 is 12.6 Å². The van der Waals surface area contributed by atoms with Crippen molar-refractivity contribution in [1.29, 1.82) is 0 Å². The molecule has 1 atom stereocenters. The molecule has 0 aliphatic carbocycles. The number of rotatable bonds is 3. The fourth-order valence-corrected chi connectivity index (χ4v) is 1.81. The van der Waals surface area contributed by atoms with E-state index >= 15 is 0 Å². The van der Waals surface area contributed by atoms with Crippen LogP contribution < -0.4 is 0 Å². The molecule has 0 fully saturated rings. The second kappa shape index (κ2) is 4.56. The zero-order chi connectivity index (χ0) is 9.84. The molecule has 1 nitrogen and oxygen atoms in total. The lowest BCUT2D eigenvalue weighted by Gasteiger charge is -2.12. The average molecular weight is 196 g/mol. The Hall–Kier alpha value is -0.630. The highest BCUT2D eigenvalue weighted by atomic mass is 32.1. The predicted molar refractivity (Wildman–Crippen MR) is 59.7 cm³/mol. The molecule has 1 aromatic rings. The Morgan fingerprint density at radius 2 is 2.15 bits per heavy atom. The van der Waals surface area contributed by atoms with Gasteiger partial charge in [0.15, 0.2) is 0 Å². The molecule has 0 saturated heterocycles. The van der Waals surface area contributed by atoms with Gasteiger partial charge in [-0.05, 0) is 36.6 Å². The first-order valence-electron chi connectivity index (χ1n) is 4.55. The van der Waals surface area contributed by atoms with Gasteiger partial charge in [0, 0.05) is 0 Å². The molecule has 2 heteroatoms. The van der Waals surface area contributed by atoms with Gasteiger partial charge in [0.25, 0.3) is 0 Å². The van der Waals surface area contributed by atoms with Gasteiger partial charge in [-0.25, -0.2) is 0 Å². The Kier molecular flexibility index (Phi) is 3.67. The number of hydrogen-bond acceptors (Lipinski definition) is 2. The van der Waals surface area contributed by atoms with E-state index in [0.29, 0.717) is 11.7 Å². The monoisotopic (exact) mass is 196 g/mol. The van der Waals surface area contributed by atoms with Crippen LogP contribution in [0, 0.1) is 6.92 Å². The first-order valence-corrected chi connectivity index (χ1v) is 5.18. The van der Waals surface area contributed by atoms with Gasteiger partial charge < -0.3 is 5.11 Å². The van der Waals surface area contributed by atoms with Gasteiger partial charge in [0.1, 0.15) is 5.75 Å². The highest BCUT2D eigenvalue weighted by Crippen LogP contribution is 2.28. The maximum absolute atomic E-state index is 9.61. The fourth-order valence-electron chi connectivity index (χ4n) is 1.42. The molecular weight excluding hydrogens is 180 g/mol. The average Bonchev–Trinajstić information content (AvgIpc) is 2.09. The Bertz CT molecular complexity index is 283. The summed E-state index contributed by atoms with van der Waals surface area (Å²) in [5, 5.41) is 9.61. The lowest BCUT2D eigenvalue weighted by Crippen LogP contribution is -1.95. The number of thiol groups is 1. The minimum Gasteiger partial charge on any atom is -0.508 e. The number of aryl methyl sites for hydroxylation is 1. The Morgan fingerprint density at radius 3 is 2.77 bits per heavy atom. The minimum absolute atomic E-state index is 0.386. The standard InChI is InChI=1S/C11H16OS/c1-8-3-4-11(12)10(7-8)9(2)5-6-13/h3-4,7,9,12-13H,5-6H2,1-2H3. The van der Waals surface area contributed by atoms with E-state index in [2.05, 4.69) is 19.6 Å². The summed E-state index contributed by atoms with van der Waals surface area (Å²) < 4.78 is 0. The van der Waals surface area contributed by atoms with Crippen LogP contribution in [0.4, 0.5) is 0 Å². The van der Waals surface area contributed by atoms with Gasteiger partial charge in [-0.3, -0.25) is 0 Å². The fraction of sp³-hybridized carbons (Fsp3) is 0.455. The van der Waals surface area contributed by atoms with E-state index in [1.165, 1.54) is 5.56 Å². The van der Waals surface area contributed by atoms with Gasteiger partial charge in [0.05, 0.1) is 0 Å². The van der Waals surface area contributed by atoms with Crippen molar-refractivity contribution >= 4 is 12.6 Å². The first-order chi connectivity index (χ1) is 6.15. The molecule has 72 valence electrons. The lowest BCUT2D eigenvalue weighted by atomic mass is 9.96. The maximum Gasteiger partial charge on any atom is 0.119 e. The van der Waals surface area contributed by atoms with Crippen LogP contribution in [0.3, 0.4) is 0 Å². The zero-order valence-electron chi connectivity index (χ0n) is 8.12. The van der Waals surface area contributed by atoms with E-state index in [0.717, 1.165) is 17.7 Å². The number of benzene rings is 1. The maximum atomic E-state index is 9.61. The molecule has 0 saturated carbocycles. The molecule has 0 bridgehead atoms. The molecular formula is C11H16OS. The molecule has 1 N–H and O–H groups in total. The largest absolute Gasteiger partial charge is 0.508 e. The summed E-state index contributed by atoms with van der Waals surface area (Å²) in [5.74, 6) is 1.64. The van der Waals surface area contributed by atoms with Crippen molar-refractivity contribution in [2.24, 2.45) is 0 Å². The third-order valence-corrected chi connectivity index (χ3v) is 2.53. The summed E-state index contributed by atoms with van der Waals surface area (Å²) >= 11 is 4.19. The van der Waals surface area contributed by atoms with E-state index < -0.39 is 0 Å². The topological polar surface area (TPSA) is 20.2 Å². The zero-order valence-corrected chi connectivity index (χ0v) is 9.01. The van der Waals surface area contributed by atoms with Gasteiger partial charge in [-0.15, -0.1) is 0 Å². The third-order valence-electron chi connectivity index (χ3n) is 2.28. The van der Waals surface area contributed by atoms with Gasteiger partial charge >= 0.3 is 0 Å². The SMILES string of the molecule is Cc1ccc(O)c(C(C)CCS)c1. The molecule has 0 heterocycles. The second-order valence-corrected chi connectivity index (χ2v) is 3.92. The van der Waals surface area contributed by atoms with Crippen molar-refractivity contribution in [3.05, 3.63) is 29.3 Å². The van der Waals surface area contributed by atoms with Crippen molar-refractivity contribution in [1.82, 2.24) is 0 Å². The van der Waals surface area contributed by atoms with Gasteiger partial charge in [0.2, 0.25) is 0 Å². The predicted octanol–water partition coefficient (Wildman–Crippen LogP) is 3.12. The lowest BCUT2D eigenvalue weighted by molar-refractivity contribution is 0.462. The van der Waals surface area contributed by atoms with Crippen LogP contribution in [-0.4, -0.2) is 10.9 Å². The van der Waals surface area contributed by atoms with Crippen LogP contribution in [0.25, 0.3) is 0 Å². The normalized spacial score (nSPS) is 12.8. The number of phenols is 1. The number of aromatic hydroxyl groups is 1. The summed E-state index contributed by atoms with van der Waals surface area (Å²) in [6.45, 7) is 4.15. The summed E-state index contributed by atoms with van der Waals surface area (Å²) in [5.41, 5.74) is 2.23. The van der Waals surface area contributed by atoms with Crippen molar-refractivity contribution in [3.63, 3.8) is 0 Å². The van der Waals surface area contributed by atoms with Crippen molar-refractivity contribution in [3.8, 4) is 5.75 Å². The molecule has 0 aliphatic rings. The van der Waals surface area contributed by atoms with Crippen LogP contribution in [0.2, 0.25) is 0 Å². The van der Waals surface area contributed by atoms with Crippen molar-refractivity contribution < 1.29 is 5.11 Å². The summed E-state index contributed by atoms with van der Waals surface area (Å²) in [6, 6.07) is 5.73. The van der Waals surface area contributed by atoms with Crippen LogP contribution in [0.5, 0.6) is 5.75 Å². The number of phenolic OH excluding ortho intramolecular Hbond substituents is 1. The molecule has 0 aliphatic heterocycles. The third kappa shape index (κ3) is 2.66. The van der Waals surface area contributed by atoms with Crippen LogP contribution in [0.1, 0.15) is 30.4 Å². The highest BCUT2D eigenvalue weighted by Gasteiger charge is 2.09. The minimum atomic E-state index is 0.386. The summed E-state index contributed by atoms with van der Waals surface area (Å²) in [6.07, 6.45) is 1.00. The van der Waals surface area contributed by atoms with E-state index in [1.54, 1.807) is 6.07 Å². The molecule has 0 spiro atoms. The Morgan fingerprint density at radius 1 is 1.46 bits per heavy atom. The molecule has 1 aromatic carbocycles. The number of hydrogen-bond donors (Lipinski definition) is 2. The van der Waals surface area contributed by atoms with Crippen molar-refractivity contribution in [2.45, 2.75) is 26.2 Å². The highest BCUT2D eigenvalue weighted by molar-refractivity contribution is 7.80. The quantitative estimate of drug-likeness (QED) is 0.712. The van der Waals surface area contributed by atoms with Gasteiger partial charge in [-0.1, -0.05) is 24.6 Å². The van der Waals surface area contributed by atoms with E-state index in [1.807, 2.05) is 19.1 Å². The van der Waals surface area contributed by atoms with Crippen LogP contribution in [0.15, 0.2) is 18.2 Å². The van der Waals surface area contributed by atoms with E-state index in [4.69, 9.17) is 0 Å². The second-order valence-electron chi connectivity index (χ2n) is 3.48. The van der Waals surface area contributed by atoms with E-state index in [-0.39, 0.29) is 0 Å². The Balaban J connectivity index is 2.91.